The molecule has 0 atom stereocenters. The molecule has 1 rings (SSSR count). The van der Waals surface area contributed by atoms with Crippen LogP contribution in [0.4, 0.5) is 0 Å². The van der Waals surface area contributed by atoms with Crippen LogP contribution in [0.1, 0.15) is 0 Å². The molecule has 0 bridgehead atoms. The molecule has 0 saturated carbocycles. The summed E-state index contributed by atoms with van der Waals surface area (Å²) in [6, 6.07) is 10.4. The molecular weight excluding hydrogens is 184 g/mol. The standard InChI is InChI=1S/C10H12S2/c11-8-4-5-9-12-10-6-2-1-3-7-10/h1-7,11H,8-9H2. The number of benzene rings is 1. The van der Waals surface area contributed by atoms with Gasteiger partial charge < -0.3 is 0 Å². The first kappa shape index (κ1) is 9.75. The van der Waals surface area contributed by atoms with E-state index in [4.69, 9.17) is 0 Å². The van der Waals surface area contributed by atoms with Crippen LogP contribution < -0.4 is 0 Å². The van der Waals surface area contributed by atoms with E-state index in [0.717, 1.165) is 11.5 Å². The van der Waals surface area contributed by atoms with Gasteiger partial charge in [0.25, 0.3) is 0 Å². The fourth-order valence-electron chi connectivity index (χ4n) is 0.804. The molecular formula is C10H12S2. The molecule has 1 aromatic carbocycles. The molecule has 1 aromatic rings. The predicted molar refractivity (Wildman–Crippen MR) is 60.2 cm³/mol. The molecule has 0 N–H and O–H groups in total. The molecule has 0 fully saturated rings. The molecule has 12 heavy (non-hydrogen) atoms. The van der Waals surface area contributed by atoms with E-state index in [9.17, 15) is 0 Å². The monoisotopic (exact) mass is 196 g/mol. The van der Waals surface area contributed by atoms with Gasteiger partial charge in [0, 0.05) is 16.4 Å². The Morgan fingerprint density at radius 2 is 1.92 bits per heavy atom. The zero-order valence-corrected chi connectivity index (χ0v) is 8.52. The van der Waals surface area contributed by atoms with Crippen LogP contribution in [0.25, 0.3) is 0 Å². The quantitative estimate of drug-likeness (QED) is 0.438. The highest BCUT2D eigenvalue weighted by molar-refractivity contribution is 7.99. The minimum Gasteiger partial charge on any atom is -0.175 e. The maximum Gasteiger partial charge on any atom is 0.0161 e. The fourth-order valence-corrected chi connectivity index (χ4v) is 1.73. The Morgan fingerprint density at radius 1 is 1.17 bits per heavy atom. The summed E-state index contributed by atoms with van der Waals surface area (Å²) in [6.07, 6.45) is 4.21. The van der Waals surface area contributed by atoms with E-state index in [1.807, 2.05) is 17.8 Å². The third-order valence-corrected chi connectivity index (χ3v) is 2.54. The Labute approximate surface area is 83.5 Å². The lowest BCUT2D eigenvalue weighted by molar-refractivity contribution is 1.46. The molecule has 64 valence electrons. The van der Waals surface area contributed by atoms with Gasteiger partial charge in [0.2, 0.25) is 0 Å². The van der Waals surface area contributed by atoms with Crippen LogP contribution in [-0.4, -0.2) is 11.5 Å². The van der Waals surface area contributed by atoms with E-state index in [1.54, 1.807) is 0 Å². The van der Waals surface area contributed by atoms with Gasteiger partial charge in [-0.2, -0.15) is 12.6 Å². The maximum atomic E-state index is 4.08. The third kappa shape index (κ3) is 3.88. The van der Waals surface area contributed by atoms with Crippen molar-refractivity contribution in [2.45, 2.75) is 4.90 Å². The predicted octanol–water partition coefficient (Wildman–Crippen LogP) is 3.26. The number of thiol groups is 1. The molecule has 0 heterocycles. The highest BCUT2D eigenvalue weighted by Gasteiger charge is 1.87. The van der Waals surface area contributed by atoms with E-state index in [0.29, 0.717) is 0 Å². The minimum absolute atomic E-state index is 0.829. The normalized spacial score (nSPS) is 10.8. The van der Waals surface area contributed by atoms with E-state index < -0.39 is 0 Å². The molecule has 0 nitrogen and oxygen atoms in total. The van der Waals surface area contributed by atoms with Crippen LogP contribution in [0.3, 0.4) is 0 Å². The van der Waals surface area contributed by atoms with Gasteiger partial charge in [0.05, 0.1) is 0 Å². The van der Waals surface area contributed by atoms with Gasteiger partial charge in [-0.05, 0) is 12.1 Å². The van der Waals surface area contributed by atoms with Crippen LogP contribution in [0.15, 0.2) is 47.4 Å². The summed E-state index contributed by atoms with van der Waals surface area (Å²) in [5, 5.41) is 0. The van der Waals surface area contributed by atoms with Crippen molar-refractivity contribution < 1.29 is 0 Å². The summed E-state index contributed by atoms with van der Waals surface area (Å²) in [7, 11) is 0. The molecule has 0 aliphatic rings. The van der Waals surface area contributed by atoms with Crippen molar-refractivity contribution >= 4 is 24.4 Å². The number of thioether (sulfide) groups is 1. The van der Waals surface area contributed by atoms with Gasteiger partial charge >= 0.3 is 0 Å². The summed E-state index contributed by atoms with van der Waals surface area (Å²) >= 11 is 5.92. The van der Waals surface area contributed by atoms with Gasteiger partial charge in [-0.3, -0.25) is 0 Å². The van der Waals surface area contributed by atoms with Crippen LogP contribution in [0.2, 0.25) is 0 Å². The smallest absolute Gasteiger partial charge is 0.0161 e. The highest BCUT2D eigenvalue weighted by Crippen LogP contribution is 2.16. The minimum atomic E-state index is 0.829. The Kier molecular flexibility index (Phi) is 5.04. The number of rotatable bonds is 4. The maximum absolute atomic E-state index is 4.08. The lowest BCUT2D eigenvalue weighted by atomic mass is 10.4. The fraction of sp³-hybridized carbons (Fsp3) is 0.200. The number of hydrogen-bond acceptors (Lipinski definition) is 2. The van der Waals surface area contributed by atoms with Crippen molar-refractivity contribution in [1.82, 2.24) is 0 Å². The number of hydrogen-bond donors (Lipinski definition) is 1. The second-order valence-corrected chi connectivity index (χ2v) is 3.74. The van der Waals surface area contributed by atoms with Crippen molar-refractivity contribution in [3.8, 4) is 0 Å². The molecule has 0 unspecified atom stereocenters. The van der Waals surface area contributed by atoms with Gasteiger partial charge in [0.15, 0.2) is 0 Å². The molecule has 0 aliphatic carbocycles. The summed E-state index contributed by atoms with van der Waals surface area (Å²) in [6.45, 7) is 0. The Bertz CT molecular complexity index is 229. The zero-order valence-electron chi connectivity index (χ0n) is 6.81. The second kappa shape index (κ2) is 6.21. The molecule has 0 spiro atoms. The van der Waals surface area contributed by atoms with Crippen molar-refractivity contribution in [2.24, 2.45) is 0 Å². The van der Waals surface area contributed by atoms with Crippen LogP contribution in [-0.2, 0) is 0 Å². The van der Waals surface area contributed by atoms with E-state index in [-0.39, 0.29) is 0 Å². The SMILES string of the molecule is SCC=CCSc1ccccc1. The molecule has 0 saturated heterocycles. The molecule has 0 amide bonds. The Balaban J connectivity index is 2.29. The summed E-state index contributed by atoms with van der Waals surface area (Å²) < 4.78 is 0. The zero-order chi connectivity index (χ0) is 8.65. The van der Waals surface area contributed by atoms with Crippen LogP contribution in [0.5, 0.6) is 0 Å². The molecule has 0 aliphatic heterocycles. The summed E-state index contributed by atoms with van der Waals surface area (Å²) in [5.74, 6) is 1.86. The van der Waals surface area contributed by atoms with Gasteiger partial charge in [-0.15, -0.1) is 11.8 Å². The lowest BCUT2D eigenvalue weighted by Crippen LogP contribution is -1.72. The summed E-state index contributed by atoms with van der Waals surface area (Å²) in [5.41, 5.74) is 0. The van der Waals surface area contributed by atoms with E-state index in [2.05, 4.69) is 49.0 Å². The van der Waals surface area contributed by atoms with Gasteiger partial charge in [0.1, 0.15) is 0 Å². The van der Waals surface area contributed by atoms with Crippen LogP contribution in [0, 0.1) is 0 Å². The third-order valence-electron chi connectivity index (χ3n) is 1.36. The lowest BCUT2D eigenvalue weighted by Gasteiger charge is -1.95. The van der Waals surface area contributed by atoms with Gasteiger partial charge in [-0.25, -0.2) is 0 Å². The molecule has 0 aromatic heterocycles. The first-order valence-electron chi connectivity index (χ1n) is 3.87. The Morgan fingerprint density at radius 3 is 2.58 bits per heavy atom. The van der Waals surface area contributed by atoms with Gasteiger partial charge in [-0.1, -0.05) is 30.4 Å². The first-order chi connectivity index (χ1) is 5.93. The second-order valence-electron chi connectivity index (χ2n) is 2.28. The topological polar surface area (TPSA) is 0 Å². The summed E-state index contributed by atoms with van der Waals surface area (Å²) in [4.78, 5) is 1.32. The molecule has 2 heteroatoms. The van der Waals surface area contributed by atoms with Crippen molar-refractivity contribution in [1.29, 1.82) is 0 Å². The Hall–Kier alpha value is -0.340. The van der Waals surface area contributed by atoms with Crippen LogP contribution >= 0.6 is 24.4 Å². The largest absolute Gasteiger partial charge is 0.175 e. The van der Waals surface area contributed by atoms with Crippen molar-refractivity contribution in [3.63, 3.8) is 0 Å². The van der Waals surface area contributed by atoms with E-state index >= 15 is 0 Å². The van der Waals surface area contributed by atoms with Crippen molar-refractivity contribution in [2.75, 3.05) is 11.5 Å². The van der Waals surface area contributed by atoms with Crippen molar-refractivity contribution in [3.05, 3.63) is 42.5 Å². The van der Waals surface area contributed by atoms with E-state index in [1.165, 1.54) is 4.90 Å². The highest BCUT2D eigenvalue weighted by atomic mass is 32.2. The average Bonchev–Trinajstić information content (AvgIpc) is 2.14. The molecule has 0 radical (unpaired) electrons. The first-order valence-corrected chi connectivity index (χ1v) is 5.49. The average molecular weight is 196 g/mol.